The Hall–Kier alpha value is -1.93. The number of nitrogen functional groups attached to an aromatic ring is 1. The first kappa shape index (κ1) is 10.2. The molecule has 0 saturated carbocycles. The third-order valence-electron chi connectivity index (χ3n) is 2.85. The predicted molar refractivity (Wildman–Crippen MR) is 72.7 cm³/mol. The summed E-state index contributed by atoms with van der Waals surface area (Å²) in [6.07, 6.45) is 2.01. The Labute approximate surface area is 104 Å². The zero-order valence-corrected chi connectivity index (χ0v) is 9.85. The number of hydrogen-bond acceptors (Lipinski definition) is 1. The third kappa shape index (κ3) is 1.67. The molecule has 3 rings (SSSR count). The second kappa shape index (κ2) is 3.82. The van der Waals surface area contributed by atoms with Gasteiger partial charge in [0.15, 0.2) is 0 Å². The number of nitrogens with two attached hydrogens (primary N) is 1. The minimum atomic E-state index is 0.729. The fourth-order valence-corrected chi connectivity index (χ4v) is 2.18. The standard InChI is InChI=1S/C14H11ClN2/c15-11-6-5-10-7-8-17(14(10)9-11)13-4-2-1-3-12(13)16/h1-9H,16H2. The first-order valence-corrected chi connectivity index (χ1v) is 5.75. The maximum atomic E-state index is 6.03. The van der Waals surface area contributed by atoms with Crippen LogP contribution in [-0.4, -0.2) is 4.57 Å². The molecule has 84 valence electrons. The van der Waals surface area contributed by atoms with Crippen LogP contribution in [0.2, 0.25) is 5.02 Å². The van der Waals surface area contributed by atoms with E-state index >= 15 is 0 Å². The fourth-order valence-electron chi connectivity index (χ4n) is 2.02. The van der Waals surface area contributed by atoms with E-state index in [9.17, 15) is 0 Å². The number of nitrogens with zero attached hydrogens (tertiary/aromatic N) is 1. The van der Waals surface area contributed by atoms with Crippen molar-refractivity contribution in [2.75, 3.05) is 5.73 Å². The number of anilines is 1. The van der Waals surface area contributed by atoms with Gasteiger partial charge in [-0.25, -0.2) is 0 Å². The van der Waals surface area contributed by atoms with Crippen LogP contribution in [0.25, 0.3) is 16.6 Å². The van der Waals surface area contributed by atoms with Crippen molar-refractivity contribution < 1.29 is 0 Å². The zero-order valence-electron chi connectivity index (χ0n) is 9.10. The molecule has 0 unspecified atom stereocenters. The van der Waals surface area contributed by atoms with Gasteiger partial charge in [0.2, 0.25) is 0 Å². The van der Waals surface area contributed by atoms with E-state index in [4.69, 9.17) is 17.3 Å². The zero-order chi connectivity index (χ0) is 11.8. The average molecular weight is 243 g/mol. The highest BCUT2D eigenvalue weighted by Crippen LogP contribution is 2.26. The summed E-state index contributed by atoms with van der Waals surface area (Å²) >= 11 is 6.03. The number of hydrogen-bond donors (Lipinski definition) is 1. The molecule has 0 saturated heterocycles. The highest BCUT2D eigenvalue weighted by molar-refractivity contribution is 6.31. The van der Waals surface area contributed by atoms with Gasteiger partial charge >= 0.3 is 0 Å². The lowest BCUT2D eigenvalue weighted by Gasteiger charge is -2.08. The molecule has 0 spiro atoms. The van der Waals surface area contributed by atoms with Crippen molar-refractivity contribution in [3.63, 3.8) is 0 Å². The monoisotopic (exact) mass is 242 g/mol. The summed E-state index contributed by atoms with van der Waals surface area (Å²) in [4.78, 5) is 0. The van der Waals surface area contributed by atoms with Crippen molar-refractivity contribution in [3.8, 4) is 5.69 Å². The number of benzene rings is 2. The van der Waals surface area contributed by atoms with Crippen LogP contribution in [0.4, 0.5) is 5.69 Å². The van der Waals surface area contributed by atoms with Gasteiger partial charge in [0, 0.05) is 16.6 Å². The number of fused-ring (bicyclic) bond motifs is 1. The molecule has 0 aliphatic heterocycles. The van der Waals surface area contributed by atoms with Crippen LogP contribution in [0.1, 0.15) is 0 Å². The Balaban J connectivity index is 2.31. The molecule has 1 aromatic heterocycles. The molecule has 0 amide bonds. The minimum Gasteiger partial charge on any atom is -0.397 e. The SMILES string of the molecule is Nc1ccccc1-n1ccc2ccc(Cl)cc21. The lowest BCUT2D eigenvalue weighted by atomic mass is 10.2. The van der Waals surface area contributed by atoms with Gasteiger partial charge in [0.05, 0.1) is 16.9 Å². The van der Waals surface area contributed by atoms with Crippen LogP contribution in [0, 0.1) is 0 Å². The lowest BCUT2D eigenvalue weighted by Crippen LogP contribution is -1.97. The normalized spacial score (nSPS) is 10.9. The van der Waals surface area contributed by atoms with Crippen molar-refractivity contribution >= 4 is 28.2 Å². The molecule has 17 heavy (non-hydrogen) atoms. The quantitative estimate of drug-likeness (QED) is 0.646. The number of halogens is 1. The fraction of sp³-hybridized carbons (Fsp3) is 0. The summed E-state index contributed by atoms with van der Waals surface area (Å²) < 4.78 is 2.05. The van der Waals surface area contributed by atoms with Crippen molar-refractivity contribution in [3.05, 3.63) is 59.8 Å². The Morgan fingerprint density at radius 1 is 1.00 bits per heavy atom. The molecular weight excluding hydrogens is 232 g/mol. The van der Waals surface area contributed by atoms with E-state index in [0.717, 1.165) is 27.3 Å². The van der Waals surface area contributed by atoms with E-state index in [1.807, 2.05) is 48.7 Å². The molecule has 2 N–H and O–H groups in total. The van der Waals surface area contributed by atoms with Gasteiger partial charge in [-0.3, -0.25) is 0 Å². The van der Waals surface area contributed by atoms with E-state index in [0.29, 0.717) is 0 Å². The maximum absolute atomic E-state index is 6.03. The minimum absolute atomic E-state index is 0.729. The largest absolute Gasteiger partial charge is 0.397 e. The highest BCUT2D eigenvalue weighted by atomic mass is 35.5. The van der Waals surface area contributed by atoms with Gasteiger partial charge in [0.25, 0.3) is 0 Å². The highest BCUT2D eigenvalue weighted by Gasteiger charge is 2.05. The van der Waals surface area contributed by atoms with Gasteiger partial charge in [-0.2, -0.15) is 0 Å². The van der Waals surface area contributed by atoms with Crippen molar-refractivity contribution in [2.45, 2.75) is 0 Å². The van der Waals surface area contributed by atoms with Crippen LogP contribution in [0.3, 0.4) is 0 Å². The predicted octanol–water partition coefficient (Wildman–Crippen LogP) is 3.87. The van der Waals surface area contributed by atoms with Gasteiger partial charge in [0.1, 0.15) is 0 Å². The second-order valence-corrected chi connectivity index (χ2v) is 4.38. The van der Waals surface area contributed by atoms with Crippen LogP contribution < -0.4 is 5.73 Å². The van der Waals surface area contributed by atoms with Crippen molar-refractivity contribution in [1.29, 1.82) is 0 Å². The Kier molecular flexibility index (Phi) is 2.30. The average Bonchev–Trinajstić information content (AvgIpc) is 2.72. The molecule has 3 heteroatoms. The molecular formula is C14H11ClN2. The van der Waals surface area contributed by atoms with Crippen LogP contribution in [0.15, 0.2) is 54.7 Å². The van der Waals surface area contributed by atoms with Gasteiger partial charge in [-0.15, -0.1) is 0 Å². The molecule has 0 aliphatic carbocycles. The molecule has 0 atom stereocenters. The van der Waals surface area contributed by atoms with Crippen LogP contribution in [0.5, 0.6) is 0 Å². The number of para-hydroxylation sites is 2. The van der Waals surface area contributed by atoms with Gasteiger partial charge < -0.3 is 10.3 Å². The molecule has 0 bridgehead atoms. The maximum Gasteiger partial charge on any atom is 0.0685 e. The Morgan fingerprint density at radius 2 is 1.82 bits per heavy atom. The molecule has 0 radical (unpaired) electrons. The molecule has 2 nitrogen and oxygen atoms in total. The first-order chi connectivity index (χ1) is 8.25. The molecule has 3 aromatic rings. The summed E-state index contributed by atoms with van der Waals surface area (Å²) in [5.74, 6) is 0. The summed E-state index contributed by atoms with van der Waals surface area (Å²) in [6, 6.07) is 15.7. The molecule has 0 aliphatic rings. The van der Waals surface area contributed by atoms with E-state index in [1.165, 1.54) is 0 Å². The van der Waals surface area contributed by atoms with E-state index in [1.54, 1.807) is 0 Å². The summed E-state index contributed by atoms with van der Waals surface area (Å²) in [5.41, 5.74) is 8.78. The lowest BCUT2D eigenvalue weighted by molar-refractivity contribution is 1.13. The molecule has 2 aromatic carbocycles. The van der Waals surface area contributed by atoms with Crippen LogP contribution >= 0.6 is 11.6 Å². The Bertz CT molecular complexity index is 686. The molecule has 1 heterocycles. The van der Waals surface area contributed by atoms with E-state index in [2.05, 4.69) is 10.6 Å². The van der Waals surface area contributed by atoms with Gasteiger partial charge in [-0.1, -0.05) is 29.8 Å². The van der Waals surface area contributed by atoms with Crippen molar-refractivity contribution in [2.24, 2.45) is 0 Å². The summed E-state index contributed by atoms with van der Waals surface area (Å²) in [7, 11) is 0. The Morgan fingerprint density at radius 3 is 2.65 bits per heavy atom. The van der Waals surface area contributed by atoms with Crippen LogP contribution in [-0.2, 0) is 0 Å². The summed E-state index contributed by atoms with van der Waals surface area (Å²) in [6.45, 7) is 0. The topological polar surface area (TPSA) is 30.9 Å². The summed E-state index contributed by atoms with van der Waals surface area (Å²) in [5, 5.41) is 1.88. The third-order valence-corrected chi connectivity index (χ3v) is 3.09. The smallest absolute Gasteiger partial charge is 0.0685 e. The number of aromatic nitrogens is 1. The number of rotatable bonds is 1. The van der Waals surface area contributed by atoms with Gasteiger partial charge in [-0.05, 0) is 30.3 Å². The van der Waals surface area contributed by atoms with Crippen molar-refractivity contribution in [1.82, 2.24) is 4.57 Å². The molecule has 0 fully saturated rings. The first-order valence-electron chi connectivity index (χ1n) is 5.37. The second-order valence-electron chi connectivity index (χ2n) is 3.95. The van der Waals surface area contributed by atoms with E-state index in [-0.39, 0.29) is 0 Å². The van der Waals surface area contributed by atoms with E-state index < -0.39 is 0 Å².